The highest BCUT2D eigenvalue weighted by Gasteiger charge is 2.08. The van der Waals surface area contributed by atoms with Crippen LogP contribution in [0.5, 0.6) is 0 Å². The van der Waals surface area contributed by atoms with Gasteiger partial charge < -0.3 is 4.42 Å². The van der Waals surface area contributed by atoms with Gasteiger partial charge in [0, 0.05) is 6.20 Å². The lowest BCUT2D eigenvalue weighted by Gasteiger charge is -1.91. The molecule has 0 atom stereocenters. The second-order valence-corrected chi connectivity index (χ2v) is 3.63. The molecule has 17 heavy (non-hydrogen) atoms. The van der Waals surface area contributed by atoms with Gasteiger partial charge in [0.25, 0.3) is 0 Å². The van der Waals surface area contributed by atoms with Crippen molar-refractivity contribution in [2.75, 3.05) is 0 Å². The van der Waals surface area contributed by atoms with Crippen LogP contribution in [0, 0.1) is 0 Å². The zero-order chi connectivity index (χ0) is 11.7. The summed E-state index contributed by atoms with van der Waals surface area (Å²) in [5.41, 5.74) is 1.11. The smallest absolute Gasteiger partial charge is 0.166 e. The summed E-state index contributed by atoms with van der Waals surface area (Å²) in [4.78, 5) is 15.2. The van der Waals surface area contributed by atoms with Crippen LogP contribution in [0.2, 0.25) is 0 Å². The summed E-state index contributed by atoms with van der Waals surface area (Å²) in [7, 11) is 0. The Labute approximate surface area is 96.7 Å². The predicted octanol–water partition coefficient (Wildman–Crippen LogP) is 1.73. The van der Waals surface area contributed by atoms with E-state index in [0.29, 0.717) is 23.5 Å². The Bertz CT molecular complexity index is 656. The summed E-state index contributed by atoms with van der Waals surface area (Å²) >= 11 is 0. The quantitative estimate of drug-likeness (QED) is 0.639. The first-order valence-corrected chi connectivity index (χ1v) is 5.18. The number of rotatable bonds is 3. The molecule has 3 heterocycles. The van der Waals surface area contributed by atoms with Gasteiger partial charge in [-0.25, -0.2) is 9.50 Å². The van der Waals surface area contributed by atoms with Crippen LogP contribution in [0.4, 0.5) is 0 Å². The largest absolute Gasteiger partial charge is 0.469 e. The molecule has 3 aromatic rings. The molecule has 0 aromatic carbocycles. The Morgan fingerprint density at radius 3 is 3.06 bits per heavy atom. The summed E-state index contributed by atoms with van der Waals surface area (Å²) < 4.78 is 6.83. The minimum Gasteiger partial charge on any atom is -0.469 e. The number of furan rings is 1. The number of hydrogen-bond acceptors (Lipinski definition) is 4. The lowest BCUT2D eigenvalue weighted by Crippen LogP contribution is -1.91. The fraction of sp³-hybridized carbons (Fsp3) is 0.0833. The molecule has 84 valence electrons. The van der Waals surface area contributed by atoms with Crippen molar-refractivity contribution in [3.8, 4) is 0 Å². The molecule has 0 radical (unpaired) electrons. The lowest BCUT2D eigenvalue weighted by molar-refractivity contribution is 0.112. The minimum absolute atomic E-state index is 0.521. The molecule has 3 rings (SSSR count). The monoisotopic (exact) mass is 227 g/mol. The number of carbonyl (C=O) groups excluding carboxylic acids is 1. The van der Waals surface area contributed by atoms with Crippen molar-refractivity contribution in [1.29, 1.82) is 0 Å². The molecule has 0 N–H and O–H groups in total. The van der Waals surface area contributed by atoms with Crippen LogP contribution in [0.25, 0.3) is 5.65 Å². The molecule has 0 bridgehead atoms. The number of aldehydes is 1. The molecule has 0 saturated heterocycles. The second kappa shape index (κ2) is 3.86. The number of aromatic nitrogens is 3. The standard InChI is InChI=1S/C12H9N3O2/c16-8-9-3-1-5-15-12(9)13-11(14-15)7-10-4-2-6-17-10/h1-6,8H,7H2. The van der Waals surface area contributed by atoms with Crippen molar-refractivity contribution >= 4 is 11.9 Å². The zero-order valence-corrected chi connectivity index (χ0v) is 8.91. The summed E-state index contributed by atoms with van der Waals surface area (Å²) in [5, 5.41) is 4.28. The van der Waals surface area contributed by atoms with Crippen LogP contribution in [-0.2, 0) is 6.42 Å². The topological polar surface area (TPSA) is 60.4 Å². The number of hydrogen-bond donors (Lipinski definition) is 0. The predicted molar refractivity (Wildman–Crippen MR) is 59.9 cm³/mol. The van der Waals surface area contributed by atoms with Crippen molar-refractivity contribution in [3.05, 3.63) is 53.9 Å². The molecule has 5 heteroatoms. The van der Waals surface area contributed by atoms with Crippen molar-refractivity contribution in [1.82, 2.24) is 14.6 Å². The molecule has 0 aliphatic carbocycles. The van der Waals surface area contributed by atoms with Crippen molar-refractivity contribution in [3.63, 3.8) is 0 Å². The Hall–Kier alpha value is -2.43. The maximum atomic E-state index is 10.8. The highest BCUT2D eigenvalue weighted by molar-refractivity contribution is 5.83. The number of carbonyl (C=O) groups is 1. The van der Waals surface area contributed by atoms with E-state index in [2.05, 4.69) is 10.1 Å². The van der Waals surface area contributed by atoms with Crippen molar-refractivity contribution in [2.45, 2.75) is 6.42 Å². The van der Waals surface area contributed by atoms with Crippen molar-refractivity contribution < 1.29 is 9.21 Å². The number of pyridine rings is 1. The molecule has 3 aromatic heterocycles. The number of nitrogens with zero attached hydrogens (tertiary/aromatic N) is 3. The van der Waals surface area contributed by atoms with E-state index in [0.717, 1.165) is 12.0 Å². The molecule has 5 nitrogen and oxygen atoms in total. The van der Waals surface area contributed by atoms with E-state index in [1.54, 1.807) is 29.1 Å². The van der Waals surface area contributed by atoms with Crippen LogP contribution < -0.4 is 0 Å². The summed E-state index contributed by atoms with van der Waals surface area (Å²) in [6.07, 6.45) is 4.68. The summed E-state index contributed by atoms with van der Waals surface area (Å²) in [6, 6.07) is 7.17. The van der Waals surface area contributed by atoms with Gasteiger partial charge in [-0.05, 0) is 24.3 Å². The van der Waals surface area contributed by atoms with Gasteiger partial charge in [0.05, 0.1) is 18.2 Å². The Kier molecular flexibility index (Phi) is 2.22. The third-order valence-electron chi connectivity index (χ3n) is 2.48. The van der Waals surface area contributed by atoms with Crippen LogP contribution in [0.1, 0.15) is 21.9 Å². The lowest BCUT2D eigenvalue weighted by atomic mass is 10.3. The van der Waals surface area contributed by atoms with E-state index in [1.807, 2.05) is 12.1 Å². The first kappa shape index (κ1) is 9.77. The average Bonchev–Trinajstić information content (AvgIpc) is 2.97. The molecule has 0 amide bonds. The van der Waals surface area contributed by atoms with Crippen molar-refractivity contribution in [2.24, 2.45) is 0 Å². The van der Waals surface area contributed by atoms with E-state index < -0.39 is 0 Å². The fourth-order valence-corrected chi connectivity index (χ4v) is 1.71. The fourth-order valence-electron chi connectivity index (χ4n) is 1.71. The molecule has 0 unspecified atom stereocenters. The minimum atomic E-state index is 0.521. The van der Waals surface area contributed by atoms with Gasteiger partial charge in [-0.15, -0.1) is 0 Å². The number of fused-ring (bicyclic) bond motifs is 1. The van der Waals surface area contributed by atoms with Gasteiger partial charge in [-0.3, -0.25) is 4.79 Å². The third-order valence-corrected chi connectivity index (χ3v) is 2.48. The van der Waals surface area contributed by atoms with E-state index in [1.165, 1.54) is 0 Å². The van der Waals surface area contributed by atoms with E-state index in [9.17, 15) is 4.79 Å². The molecular formula is C12H9N3O2. The SMILES string of the molecule is O=Cc1cccn2nc(Cc3ccco3)nc12. The van der Waals surface area contributed by atoms with Gasteiger partial charge in [0.1, 0.15) is 5.76 Å². The molecule has 0 spiro atoms. The molecule has 0 aliphatic heterocycles. The zero-order valence-electron chi connectivity index (χ0n) is 8.91. The molecule has 0 aliphatic rings. The van der Waals surface area contributed by atoms with E-state index in [4.69, 9.17) is 4.42 Å². The van der Waals surface area contributed by atoms with E-state index >= 15 is 0 Å². The van der Waals surface area contributed by atoms with Gasteiger partial charge in [-0.1, -0.05) is 0 Å². The van der Waals surface area contributed by atoms with Gasteiger partial charge >= 0.3 is 0 Å². The Morgan fingerprint density at radius 1 is 1.35 bits per heavy atom. The van der Waals surface area contributed by atoms with Crippen LogP contribution >= 0.6 is 0 Å². The Balaban J connectivity index is 2.04. The first-order chi connectivity index (χ1) is 8.36. The highest BCUT2D eigenvalue weighted by Crippen LogP contribution is 2.10. The Morgan fingerprint density at radius 2 is 2.29 bits per heavy atom. The third kappa shape index (κ3) is 1.71. The molecular weight excluding hydrogens is 218 g/mol. The summed E-state index contributed by atoms with van der Waals surface area (Å²) in [5.74, 6) is 1.43. The molecule has 0 fully saturated rings. The van der Waals surface area contributed by atoms with Gasteiger partial charge in [0.2, 0.25) is 0 Å². The summed E-state index contributed by atoms with van der Waals surface area (Å²) in [6.45, 7) is 0. The maximum Gasteiger partial charge on any atom is 0.166 e. The normalized spacial score (nSPS) is 10.8. The van der Waals surface area contributed by atoms with Gasteiger partial charge in [-0.2, -0.15) is 5.10 Å². The van der Waals surface area contributed by atoms with Crippen LogP contribution in [0.3, 0.4) is 0 Å². The average molecular weight is 227 g/mol. The highest BCUT2D eigenvalue weighted by atomic mass is 16.3. The van der Waals surface area contributed by atoms with Gasteiger partial charge in [0.15, 0.2) is 17.8 Å². The van der Waals surface area contributed by atoms with Crippen LogP contribution in [-0.4, -0.2) is 20.9 Å². The van der Waals surface area contributed by atoms with Crippen LogP contribution in [0.15, 0.2) is 41.1 Å². The van der Waals surface area contributed by atoms with E-state index in [-0.39, 0.29) is 0 Å². The maximum absolute atomic E-state index is 10.8. The first-order valence-electron chi connectivity index (χ1n) is 5.18. The molecule has 0 saturated carbocycles. The second-order valence-electron chi connectivity index (χ2n) is 3.63.